The Morgan fingerprint density at radius 1 is 0.873 bits per heavy atom. The fraction of sp³-hybridized carbons (Fsp3) is 0.439. The maximum absolute atomic E-state index is 13.4. The molecular weight excluding hydrogens is 702 g/mol. The van der Waals surface area contributed by atoms with Crippen LogP contribution in [-0.4, -0.2) is 90.3 Å². The molecule has 2 aliphatic rings. The van der Waals surface area contributed by atoms with Gasteiger partial charge in [-0.25, -0.2) is 4.79 Å². The molecule has 0 radical (unpaired) electrons. The standard InChI is InChI=1S/C30H39N5O5.C11H10N2O2/c1-20-14-25-24(32-17-20)6-7-28(36)34(25)11-10-33-9-8-23(15-21(33)2)35(29(37)40-30(3,4)5)19-22-16-26-27(18-31-22)39-13-12-38-26;1-8-6-10-9(12-7-8)2-3-11(15)13(10)4-5-14/h6-7,14,16-18,21,23H,8-13,15,19H2,1-5H3;2-3,5-7H,4H2,1H3. The van der Waals surface area contributed by atoms with Gasteiger partial charge < -0.3 is 23.6 Å². The van der Waals surface area contributed by atoms with E-state index in [1.165, 1.54) is 10.6 Å². The number of hydrogen-bond acceptors (Lipinski definition) is 11. The topological polar surface area (TPSA) is 151 Å². The molecule has 14 nitrogen and oxygen atoms in total. The number of aldehydes is 1. The number of likely N-dealkylation sites (tertiary alicyclic amines) is 1. The van der Waals surface area contributed by atoms with Gasteiger partial charge in [0.1, 0.15) is 25.1 Å². The Bertz CT molecular complexity index is 2300. The number of carbonyl (C=O) groups is 2. The first-order valence-electron chi connectivity index (χ1n) is 18.6. The van der Waals surface area contributed by atoms with Crippen molar-refractivity contribution >= 4 is 34.4 Å². The molecule has 1 fully saturated rings. The molecule has 5 aromatic rings. The number of fused-ring (bicyclic) bond motifs is 3. The molecule has 0 aliphatic carbocycles. The monoisotopic (exact) mass is 751 g/mol. The summed E-state index contributed by atoms with van der Waals surface area (Å²) in [7, 11) is 0. The molecule has 5 aromatic heterocycles. The van der Waals surface area contributed by atoms with Gasteiger partial charge in [-0.15, -0.1) is 0 Å². The minimum Gasteiger partial charge on any atom is -0.486 e. The molecule has 14 heteroatoms. The molecule has 0 N–H and O–H groups in total. The van der Waals surface area contributed by atoms with Gasteiger partial charge in [0, 0.05) is 62.3 Å². The van der Waals surface area contributed by atoms with Crippen molar-refractivity contribution in [1.82, 2.24) is 33.9 Å². The van der Waals surface area contributed by atoms with Gasteiger partial charge in [-0.2, -0.15) is 0 Å². The molecule has 2 unspecified atom stereocenters. The Kier molecular flexibility index (Phi) is 11.9. The molecule has 0 spiro atoms. The second-order valence-corrected chi connectivity index (χ2v) is 15.1. The van der Waals surface area contributed by atoms with Crippen molar-refractivity contribution in [1.29, 1.82) is 0 Å². The average molecular weight is 752 g/mol. The molecule has 0 bridgehead atoms. The second kappa shape index (κ2) is 16.8. The lowest BCUT2D eigenvalue weighted by atomic mass is 9.96. The van der Waals surface area contributed by atoms with Gasteiger partial charge in [0.15, 0.2) is 11.5 Å². The lowest BCUT2D eigenvalue weighted by Crippen LogP contribution is -2.52. The van der Waals surface area contributed by atoms with Crippen molar-refractivity contribution in [2.75, 3.05) is 26.3 Å². The number of nitrogens with zero attached hydrogens (tertiary/aromatic N) is 7. The summed E-state index contributed by atoms with van der Waals surface area (Å²) >= 11 is 0. The van der Waals surface area contributed by atoms with E-state index in [0.29, 0.717) is 49.6 Å². The van der Waals surface area contributed by atoms with Crippen molar-refractivity contribution in [3.8, 4) is 11.5 Å². The first-order valence-corrected chi connectivity index (χ1v) is 18.6. The lowest BCUT2D eigenvalue weighted by Gasteiger charge is -2.42. The van der Waals surface area contributed by atoms with Gasteiger partial charge in [-0.1, -0.05) is 0 Å². The fourth-order valence-electron chi connectivity index (χ4n) is 6.98. The predicted molar refractivity (Wildman–Crippen MR) is 209 cm³/mol. The number of carbonyl (C=O) groups excluding carboxylic acids is 2. The summed E-state index contributed by atoms with van der Waals surface area (Å²) in [6.07, 6.45) is 7.16. The fourth-order valence-corrected chi connectivity index (χ4v) is 6.98. The maximum Gasteiger partial charge on any atom is 0.410 e. The number of ether oxygens (including phenoxy) is 3. The normalized spacial score (nSPS) is 17.0. The Morgan fingerprint density at radius 3 is 2.11 bits per heavy atom. The van der Waals surface area contributed by atoms with Crippen molar-refractivity contribution in [2.45, 2.75) is 91.7 Å². The highest BCUT2D eigenvalue weighted by molar-refractivity contribution is 5.76. The van der Waals surface area contributed by atoms with Gasteiger partial charge in [0.25, 0.3) is 11.1 Å². The Hall–Kier alpha value is -5.63. The van der Waals surface area contributed by atoms with E-state index >= 15 is 0 Å². The number of amides is 1. The first-order chi connectivity index (χ1) is 26.3. The van der Waals surface area contributed by atoms with Crippen molar-refractivity contribution in [3.05, 3.63) is 98.6 Å². The van der Waals surface area contributed by atoms with Crippen LogP contribution in [0.2, 0.25) is 0 Å². The first kappa shape index (κ1) is 39.1. The third kappa shape index (κ3) is 9.55. The molecule has 2 aliphatic heterocycles. The van der Waals surface area contributed by atoms with E-state index in [2.05, 4.69) is 26.8 Å². The van der Waals surface area contributed by atoms with E-state index in [-0.39, 0.29) is 35.8 Å². The average Bonchev–Trinajstić information content (AvgIpc) is 3.14. The van der Waals surface area contributed by atoms with Crippen molar-refractivity contribution in [3.63, 3.8) is 0 Å². The third-order valence-electron chi connectivity index (χ3n) is 9.69. The molecule has 1 amide bonds. The molecule has 0 saturated carbocycles. The van der Waals surface area contributed by atoms with Crippen molar-refractivity contribution in [2.24, 2.45) is 0 Å². The molecule has 290 valence electrons. The zero-order chi connectivity index (χ0) is 39.3. The molecular formula is C41H49N7O7. The van der Waals surface area contributed by atoms with Crippen LogP contribution in [-0.2, 0) is 29.2 Å². The Balaban J connectivity index is 0.000000286. The van der Waals surface area contributed by atoms with Gasteiger partial charge >= 0.3 is 6.09 Å². The zero-order valence-corrected chi connectivity index (χ0v) is 32.4. The number of aryl methyl sites for hydroxylation is 2. The zero-order valence-electron chi connectivity index (χ0n) is 32.4. The number of aromatic nitrogens is 5. The van der Waals surface area contributed by atoms with Crippen LogP contribution in [0.25, 0.3) is 22.1 Å². The predicted octanol–water partition coefficient (Wildman–Crippen LogP) is 5.07. The maximum atomic E-state index is 13.4. The van der Waals surface area contributed by atoms with E-state index in [1.54, 1.807) is 35.5 Å². The van der Waals surface area contributed by atoms with Crippen LogP contribution in [0.4, 0.5) is 4.79 Å². The minimum absolute atomic E-state index is 0.0109. The van der Waals surface area contributed by atoms with E-state index < -0.39 is 5.60 Å². The van der Waals surface area contributed by atoms with Crippen LogP contribution in [0, 0.1) is 13.8 Å². The number of piperidine rings is 1. The summed E-state index contributed by atoms with van der Waals surface area (Å²) < 4.78 is 20.4. The second-order valence-electron chi connectivity index (χ2n) is 15.1. The SMILES string of the molecule is Cc1cnc2ccc(=O)n(CC=O)c2c1.Cc1cnc2ccc(=O)n(CCN3CCC(N(Cc4cc5c(cn4)OCCO5)C(=O)OC(C)(C)C)CC3C)c2c1. The van der Waals surface area contributed by atoms with E-state index in [4.69, 9.17) is 14.2 Å². The highest BCUT2D eigenvalue weighted by atomic mass is 16.6. The molecule has 2 atom stereocenters. The molecule has 7 rings (SSSR count). The summed E-state index contributed by atoms with van der Waals surface area (Å²) in [6.45, 7) is 15.2. The van der Waals surface area contributed by atoms with Crippen LogP contribution < -0.4 is 20.6 Å². The van der Waals surface area contributed by atoms with E-state index in [9.17, 15) is 19.2 Å². The summed E-state index contributed by atoms with van der Waals surface area (Å²) in [6, 6.07) is 12.4. The lowest BCUT2D eigenvalue weighted by molar-refractivity contribution is -0.108. The van der Waals surface area contributed by atoms with Gasteiger partial charge in [0.05, 0.1) is 47.0 Å². The Morgan fingerprint density at radius 2 is 1.49 bits per heavy atom. The largest absolute Gasteiger partial charge is 0.486 e. The van der Waals surface area contributed by atoms with Crippen LogP contribution in [0.3, 0.4) is 0 Å². The van der Waals surface area contributed by atoms with E-state index in [1.807, 2.05) is 63.6 Å². The van der Waals surface area contributed by atoms with Crippen LogP contribution in [0.5, 0.6) is 11.5 Å². The third-order valence-corrected chi connectivity index (χ3v) is 9.69. The van der Waals surface area contributed by atoms with Crippen LogP contribution >= 0.6 is 0 Å². The molecule has 55 heavy (non-hydrogen) atoms. The number of pyridine rings is 5. The molecule has 7 heterocycles. The highest BCUT2D eigenvalue weighted by Gasteiger charge is 2.34. The summed E-state index contributed by atoms with van der Waals surface area (Å²) in [5.74, 6) is 1.27. The van der Waals surface area contributed by atoms with Crippen LogP contribution in [0.15, 0.2) is 70.6 Å². The van der Waals surface area contributed by atoms with Gasteiger partial charge in [-0.05, 0) is 89.8 Å². The number of rotatable bonds is 8. The molecule has 1 saturated heterocycles. The quantitative estimate of drug-likeness (QED) is 0.196. The smallest absolute Gasteiger partial charge is 0.410 e. The minimum atomic E-state index is -0.610. The van der Waals surface area contributed by atoms with Crippen LogP contribution in [0.1, 0.15) is 57.4 Å². The Labute approximate surface area is 319 Å². The van der Waals surface area contributed by atoms with Crippen molar-refractivity contribution < 1.29 is 23.8 Å². The molecule has 0 aromatic carbocycles. The summed E-state index contributed by atoms with van der Waals surface area (Å²) in [5.41, 5.74) is 5.01. The van der Waals surface area contributed by atoms with Gasteiger partial charge in [-0.3, -0.25) is 38.9 Å². The summed E-state index contributed by atoms with van der Waals surface area (Å²) in [4.78, 5) is 65.5. The van der Waals surface area contributed by atoms with Gasteiger partial charge in [0.2, 0.25) is 0 Å². The highest BCUT2D eigenvalue weighted by Crippen LogP contribution is 2.31. The van der Waals surface area contributed by atoms with E-state index in [0.717, 1.165) is 59.3 Å². The summed E-state index contributed by atoms with van der Waals surface area (Å²) in [5, 5.41) is 0. The number of hydrogen-bond donors (Lipinski definition) is 0.